The zero-order valence-corrected chi connectivity index (χ0v) is 10.6. The largest absolute Gasteiger partial charge is 0.463 e. The lowest BCUT2D eigenvalue weighted by atomic mass is 9.95. The SMILES string of the molecule is COC(=O)c1ccc(COC(=O)C(C)(C)CO)o1. The smallest absolute Gasteiger partial charge is 0.373 e. The number of hydrogen-bond acceptors (Lipinski definition) is 6. The van der Waals surface area contributed by atoms with E-state index in [1.54, 1.807) is 13.8 Å². The Kier molecular flexibility index (Phi) is 4.49. The van der Waals surface area contributed by atoms with Gasteiger partial charge in [-0.1, -0.05) is 0 Å². The van der Waals surface area contributed by atoms with E-state index in [9.17, 15) is 9.59 Å². The van der Waals surface area contributed by atoms with E-state index < -0.39 is 17.4 Å². The van der Waals surface area contributed by atoms with Gasteiger partial charge in [-0.25, -0.2) is 4.79 Å². The van der Waals surface area contributed by atoms with Gasteiger partial charge in [-0.15, -0.1) is 0 Å². The third-order valence-electron chi connectivity index (χ3n) is 2.34. The molecule has 100 valence electrons. The topological polar surface area (TPSA) is 86.0 Å². The summed E-state index contributed by atoms with van der Waals surface area (Å²) in [5.74, 6) is -0.758. The normalized spacial score (nSPS) is 11.1. The summed E-state index contributed by atoms with van der Waals surface area (Å²) in [7, 11) is 1.24. The van der Waals surface area contributed by atoms with Gasteiger partial charge in [0.05, 0.1) is 19.1 Å². The number of aliphatic hydroxyl groups excluding tert-OH is 1. The number of methoxy groups -OCH3 is 1. The average Bonchev–Trinajstić information content (AvgIpc) is 2.83. The summed E-state index contributed by atoms with van der Waals surface area (Å²) >= 11 is 0. The van der Waals surface area contributed by atoms with Gasteiger partial charge in [-0.3, -0.25) is 4.79 Å². The number of furan rings is 1. The molecule has 0 fully saturated rings. The van der Waals surface area contributed by atoms with E-state index in [1.165, 1.54) is 19.2 Å². The molecule has 1 aromatic heterocycles. The monoisotopic (exact) mass is 256 g/mol. The van der Waals surface area contributed by atoms with E-state index in [0.29, 0.717) is 5.76 Å². The van der Waals surface area contributed by atoms with Crippen LogP contribution in [0.5, 0.6) is 0 Å². The summed E-state index contributed by atoms with van der Waals surface area (Å²) in [5.41, 5.74) is -0.961. The van der Waals surface area contributed by atoms with Crippen molar-refractivity contribution in [3.8, 4) is 0 Å². The van der Waals surface area contributed by atoms with Crippen molar-refractivity contribution in [3.63, 3.8) is 0 Å². The van der Waals surface area contributed by atoms with Crippen molar-refractivity contribution in [3.05, 3.63) is 23.7 Å². The number of aliphatic hydroxyl groups is 1. The van der Waals surface area contributed by atoms with Crippen molar-refractivity contribution in [2.24, 2.45) is 5.41 Å². The maximum Gasteiger partial charge on any atom is 0.373 e. The molecule has 1 rings (SSSR count). The molecule has 6 heteroatoms. The third kappa shape index (κ3) is 3.33. The Morgan fingerprint density at radius 3 is 2.61 bits per heavy atom. The summed E-state index contributed by atoms with van der Waals surface area (Å²) in [5, 5.41) is 8.98. The second kappa shape index (κ2) is 5.68. The molecule has 1 N–H and O–H groups in total. The Balaban J connectivity index is 2.57. The lowest BCUT2D eigenvalue weighted by Crippen LogP contribution is -2.30. The predicted molar refractivity (Wildman–Crippen MR) is 60.7 cm³/mol. The van der Waals surface area contributed by atoms with E-state index >= 15 is 0 Å². The molecule has 0 amide bonds. The number of hydrogen-bond donors (Lipinski definition) is 1. The molecule has 0 saturated heterocycles. The minimum atomic E-state index is -0.961. The van der Waals surface area contributed by atoms with Gasteiger partial charge in [0.2, 0.25) is 5.76 Å². The highest BCUT2D eigenvalue weighted by Crippen LogP contribution is 2.18. The fraction of sp³-hybridized carbons (Fsp3) is 0.500. The molecule has 0 atom stereocenters. The van der Waals surface area contributed by atoms with Gasteiger partial charge in [0, 0.05) is 0 Å². The Morgan fingerprint density at radius 1 is 1.39 bits per heavy atom. The molecule has 18 heavy (non-hydrogen) atoms. The van der Waals surface area contributed by atoms with Crippen molar-refractivity contribution < 1.29 is 28.6 Å². The molecule has 0 saturated carbocycles. The van der Waals surface area contributed by atoms with Gasteiger partial charge < -0.3 is 19.0 Å². The minimum Gasteiger partial charge on any atom is -0.463 e. The summed E-state index contributed by atoms with van der Waals surface area (Å²) < 4.78 is 14.6. The van der Waals surface area contributed by atoms with E-state index in [1.807, 2.05) is 0 Å². The van der Waals surface area contributed by atoms with Crippen molar-refractivity contribution in [1.29, 1.82) is 0 Å². The van der Waals surface area contributed by atoms with Crippen LogP contribution in [0.3, 0.4) is 0 Å². The first-order valence-electron chi connectivity index (χ1n) is 5.36. The first-order chi connectivity index (χ1) is 8.40. The second-order valence-electron chi connectivity index (χ2n) is 4.38. The standard InChI is InChI=1S/C12H16O6/c1-12(2,7-13)11(15)17-6-8-4-5-9(18-8)10(14)16-3/h4-5,13H,6-7H2,1-3H3. The molecule has 0 radical (unpaired) electrons. The number of ether oxygens (including phenoxy) is 2. The van der Waals surface area contributed by atoms with Crippen LogP contribution in [0.2, 0.25) is 0 Å². The van der Waals surface area contributed by atoms with Gasteiger partial charge in [0.15, 0.2) is 0 Å². The highest BCUT2D eigenvalue weighted by Gasteiger charge is 2.28. The summed E-state index contributed by atoms with van der Waals surface area (Å²) in [6.45, 7) is 2.73. The van der Waals surface area contributed by atoms with Crippen LogP contribution >= 0.6 is 0 Å². The molecule has 0 aromatic carbocycles. The fourth-order valence-electron chi connectivity index (χ4n) is 1.06. The first kappa shape index (κ1) is 14.2. The molecule has 0 bridgehead atoms. The van der Waals surface area contributed by atoms with Crippen molar-refractivity contribution in [1.82, 2.24) is 0 Å². The van der Waals surface area contributed by atoms with Gasteiger partial charge >= 0.3 is 11.9 Å². The van der Waals surface area contributed by atoms with E-state index in [2.05, 4.69) is 4.74 Å². The van der Waals surface area contributed by atoms with Crippen LogP contribution in [-0.4, -0.2) is 30.8 Å². The summed E-state index contributed by atoms with van der Waals surface area (Å²) in [6.07, 6.45) is 0. The molecule has 0 aliphatic rings. The fourth-order valence-corrected chi connectivity index (χ4v) is 1.06. The Hall–Kier alpha value is -1.82. The van der Waals surface area contributed by atoms with Crippen LogP contribution in [-0.2, 0) is 20.9 Å². The van der Waals surface area contributed by atoms with Gasteiger partial charge in [0.1, 0.15) is 12.4 Å². The molecule has 0 unspecified atom stereocenters. The summed E-state index contributed by atoms with van der Waals surface area (Å²) in [4.78, 5) is 22.7. The van der Waals surface area contributed by atoms with Crippen molar-refractivity contribution in [2.75, 3.05) is 13.7 Å². The van der Waals surface area contributed by atoms with Crippen LogP contribution in [0.25, 0.3) is 0 Å². The highest BCUT2D eigenvalue weighted by atomic mass is 16.6. The van der Waals surface area contributed by atoms with E-state index in [0.717, 1.165) is 0 Å². The Morgan fingerprint density at radius 2 is 2.06 bits per heavy atom. The van der Waals surface area contributed by atoms with Gasteiger partial charge in [-0.05, 0) is 26.0 Å². The van der Waals surface area contributed by atoms with Crippen molar-refractivity contribution >= 4 is 11.9 Å². The molecule has 0 aliphatic carbocycles. The maximum atomic E-state index is 11.6. The number of rotatable bonds is 5. The summed E-state index contributed by atoms with van der Waals surface area (Å²) in [6, 6.07) is 2.96. The van der Waals surface area contributed by atoms with E-state index in [-0.39, 0.29) is 19.0 Å². The van der Waals surface area contributed by atoms with Crippen LogP contribution in [0, 0.1) is 5.41 Å². The van der Waals surface area contributed by atoms with Crippen molar-refractivity contribution in [2.45, 2.75) is 20.5 Å². The molecule has 0 spiro atoms. The zero-order valence-electron chi connectivity index (χ0n) is 10.6. The quantitative estimate of drug-likeness (QED) is 0.795. The molecule has 1 heterocycles. The average molecular weight is 256 g/mol. The Bertz CT molecular complexity index is 432. The zero-order chi connectivity index (χ0) is 13.8. The molecule has 6 nitrogen and oxygen atoms in total. The third-order valence-corrected chi connectivity index (χ3v) is 2.34. The van der Waals surface area contributed by atoms with E-state index in [4.69, 9.17) is 14.3 Å². The molecular formula is C12H16O6. The highest BCUT2D eigenvalue weighted by molar-refractivity contribution is 5.86. The molecular weight excluding hydrogens is 240 g/mol. The lowest BCUT2D eigenvalue weighted by Gasteiger charge is -2.18. The molecule has 0 aliphatic heterocycles. The molecule has 1 aromatic rings. The first-order valence-corrected chi connectivity index (χ1v) is 5.36. The maximum absolute atomic E-state index is 11.6. The van der Waals surface area contributed by atoms with Gasteiger partial charge in [-0.2, -0.15) is 0 Å². The Labute approximate surface area is 104 Å². The number of carbonyl (C=O) groups excluding carboxylic acids is 2. The van der Waals surface area contributed by atoms with Crippen LogP contribution < -0.4 is 0 Å². The van der Waals surface area contributed by atoms with Crippen LogP contribution in [0.15, 0.2) is 16.5 Å². The predicted octanol–water partition coefficient (Wildman–Crippen LogP) is 1.13. The van der Waals surface area contributed by atoms with Crippen LogP contribution in [0.4, 0.5) is 0 Å². The number of carbonyl (C=O) groups is 2. The lowest BCUT2D eigenvalue weighted by molar-refractivity contribution is -0.158. The minimum absolute atomic E-state index is 0.0463. The second-order valence-corrected chi connectivity index (χ2v) is 4.38. The van der Waals surface area contributed by atoms with Gasteiger partial charge in [0.25, 0.3) is 0 Å². The van der Waals surface area contributed by atoms with Crippen LogP contribution in [0.1, 0.15) is 30.2 Å². The number of esters is 2.